The average Bonchev–Trinajstić information content (AvgIpc) is 2.46. The lowest BCUT2D eigenvalue weighted by Gasteiger charge is -2.34. The Hall–Kier alpha value is -1.44. The van der Waals surface area contributed by atoms with Crippen LogP contribution in [0.3, 0.4) is 0 Å². The Morgan fingerprint density at radius 2 is 2.50 bits per heavy atom. The van der Waals surface area contributed by atoms with E-state index in [-0.39, 0.29) is 0 Å². The van der Waals surface area contributed by atoms with E-state index < -0.39 is 0 Å². The van der Waals surface area contributed by atoms with Crippen LogP contribution in [-0.2, 0) is 6.54 Å². The van der Waals surface area contributed by atoms with E-state index in [1.54, 1.807) is 6.20 Å². The van der Waals surface area contributed by atoms with E-state index in [0.717, 1.165) is 31.7 Å². The number of nitrogens with one attached hydrogen (secondary N) is 1. The molecule has 0 bridgehead atoms. The molecule has 1 unspecified atom stereocenters. The fraction of sp³-hybridized carbons (Fsp3) is 0.571. The summed E-state index contributed by atoms with van der Waals surface area (Å²) in [7, 11) is 0. The number of pyridine rings is 1. The molecular formula is C14H20N4. The van der Waals surface area contributed by atoms with Gasteiger partial charge in [0.2, 0.25) is 0 Å². The topological polar surface area (TPSA) is 52.0 Å². The molecular weight excluding hydrogens is 224 g/mol. The van der Waals surface area contributed by atoms with Gasteiger partial charge in [-0.25, -0.2) is 4.98 Å². The number of rotatable bonds is 4. The molecule has 1 saturated heterocycles. The Morgan fingerprint density at radius 3 is 3.17 bits per heavy atom. The summed E-state index contributed by atoms with van der Waals surface area (Å²) in [6.45, 7) is 6.18. The molecule has 0 amide bonds. The van der Waals surface area contributed by atoms with E-state index in [4.69, 9.17) is 5.26 Å². The van der Waals surface area contributed by atoms with Crippen LogP contribution in [0.5, 0.6) is 0 Å². The molecule has 2 rings (SSSR count). The molecule has 0 aromatic carbocycles. The molecule has 1 aliphatic rings. The van der Waals surface area contributed by atoms with Crippen molar-refractivity contribution in [3.63, 3.8) is 0 Å². The molecule has 4 heteroatoms. The third-order valence-corrected chi connectivity index (χ3v) is 3.56. The van der Waals surface area contributed by atoms with Gasteiger partial charge in [-0.3, -0.25) is 4.90 Å². The summed E-state index contributed by atoms with van der Waals surface area (Å²) in [5, 5.41) is 12.5. The second-order valence-electron chi connectivity index (χ2n) is 4.69. The van der Waals surface area contributed by atoms with Crippen molar-refractivity contribution in [2.24, 2.45) is 0 Å². The Labute approximate surface area is 109 Å². The van der Waals surface area contributed by atoms with E-state index in [0.29, 0.717) is 11.7 Å². The van der Waals surface area contributed by atoms with E-state index in [2.05, 4.69) is 28.2 Å². The first kappa shape index (κ1) is 13.0. The standard InChI is InChI=1S/C14H20N4/c1-2-18(13-6-4-7-16-10-13)11-12-5-3-8-17-14(12)9-15/h3,5,8,13,16H,2,4,6-7,10-11H2,1H3. The molecule has 0 aliphatic carbocycles. The lowest BCUT2D eigenvalue weighted by Crippen LogP contribution is -2.45. The van der Waals surface area contributed by atoms with Gasteiger partial charge in [0.15, 0.2) is 0 Å². The third kappa shape index (κ3) is 3.06. The minimum Gasteiger partial charge on any atom is -0.315 e. The molecule has 1 atom stereocenters. The zero-order valence-electron chi connectivity index (χ0n) is 10.9. The number of likely N-dealkylation sites (N-methyl/N-ethyl adjacent to an activating group) is 1. The van der Waals surface area contributed by atoms with Crippen LogP contribution in [0.25, 0.3) is 0 Å². The Bertz CT molecular complexity index is 418. The van der Waals surface area contributed by atoms with Gasteiger partial charge in [-0.2, -0.15) is 5.26 Å². The highest BCUT2D eigenvalue weighted by molar-refractivity contribution is 5.30. The Kier molecular flexibility index (Phi) is 4.68. The van der Waals surface area contributed by atoms with Crippen molar-refractivity contribution in [2.75, 3.05) is 19.6 Å². The summed E-state index contributed by atoms with van der Waals surface area (Å²) in [6, 6.07) is 6.66. The van der Waals surface area contributed by atoms with Crippen molar-refractivity contribution in [3.05, 3.63) is 29.6 Å². The predicted molar refractivity (Wildman–Crippen MR) is 70.9 cm³/mol. The van der Waals surface area contributed by atoms with Crippen LogP contribution in [0.2, 0.25) is 0 Å². The quantitative estimate of drug-likeness (QED) is 0.872. The normalized spacial score (nSPS) is 19.7. The highest BCUT2D eigenvalue weighted by Crippen LogP contribution is 2.15. The number of nitriles is 1. The summed E-state index contributed by atoms with van der Waals surface area (Å²) in [6.07, 6.45) is 4.16. The number of hydrogen-bond acceptors (Lipinski definition) is 4. The molecule has 1 N–H and O–H groups in total. The van der Waals surface area contributed by atoms with Crippen molar-refractivity contribution >= 4 is 0 Å². The molecule has 0 radical (unpaired) electrons. The number of hydrogen-bond donors (Lipinski definition) is 1. The van der Waals surface area contributed by atoms with Crippen molar-refractivity contribution in [3.8, 4) is 6.07 Å². The Morgan fingerprint density at radius 1 is 1.61 bits per heavy atom. The fourth-order valence-electron chi connectivity index (χ4n) is 2.53. The van der Waals surface area contributed by atoms with Crippen LogP contribution in [0.4, 0.5) is 0 Å². The first-order chi connectivity index (χ1) is 8.85. The van der Waals surface area contributed by atoms with Gasteiger partial charge < -0.3 is 5.32 Å². The second kappa shape index (κ2) is 6.48. The fourth-order valence-corrected chi connectivity index (χ4v) is 2.53. The first-order valence-electron chi connectivity index (χ1n) is 6.64. The maximum atomic E-state index is 9.07. The Balaban J connectivity index is 2.07. The highest BCUT2D eigenvalue weighted by atomic mass is 15.2. The second-order valence-corrected chi connectivity index (χ2v) is 4.69. The van der Waals surface area contributed by atoms with Gasteiger partial charge in [0.1, 0.15) is 11.8 Å². The van der Waals surface area contributed by atoms with E-state index in [1.807, 2.05) is 12.1 Å². The molecule has 96 valence electrons. The van der Waals surface area contributed by atoms with Gasteiger partial charge in [-0.1, -0.05) is 13.0 Å². The molecule has 0 spiro atoms. The van der Waals surface area contributed by atoms with Gasteiger partial charge in [0.05, 0.1) is 0 Å². The lowest BCUT2D eigenvalue weighted by molar-refractivity contribution is 0.166. The van der Waals surface area contributed by atoms with E-state index in [1.165, 1.54) is 12.8 Å². The molecule has 0 saturated carbocycles. The van der Waals surface area contributed by atoms with Gasteiger partial charge in [-0.15, -0.1) is 0 Å². The van der Waals surface area contributed by atoms with Crippen LogP contribution in [0.1, 0.15) is 31.0 Å². The van der Waals surface area contributed by atoms with Crippen molar-refractivity contribution in [2.45, 2.75) is 32.4 Å². The summed E-state index contributed by atoms with van der Waals surface area (Å²) in [5.41, 5.74) is 1.59. The minimum atomic E-state index is 0.555. The monoisotopic (exact) mass is 244 g/mol. The van der Waals surface area contributed by atoms with Crippen LogP contribution < -0.4 is 5.32 Å². The number of nitrogens with zero attached hydrogens (tertiary/aromatic N) is 3. The van der Waals surface area contributed by atoms with E-state index in [9.17, 15) is 0 Å². The SMILES string of the molecule is CCN(Cc1cccnc1C#N)C1CCCNC1. The van der Waals surface area contributed by atoms with Gasteiger partial charge in [0.25, 0.3) is 0 Å². The van der Waals surface area contributed by atoms with Crippen molar-refractivity contribution in [1.29, 1.82) is 5.26 Å². The zero-order chi connectivity index (χ0) is 12.8. The maximum absolute atomic E-state index is 9.07. The summed E-state index contributed by atoms with van der Waals surface area (Å²) in [4.78, 5) is 6.56. The molecule has 18 heavy (non-hydrogen) atoms. The number of piperidine rings is 1. The van der Waals surface area contributed by atoms with Gasteiger partial charge >= 0.3 is 0 Å². The van der Waals surface area contributed by atoms with Crippen molar-refractivity contribution in [1.82, 2.24) is 15.2 Å². The molecule has 4 nitrogen and oxygen atoms in total. The lowest BCUT2D eigenvalue weighted by atomic mass is 10.0. The molecule has 2 heterocycles. The summed E-state index contributed by atoms with van der Waals surface area (Å²) in [5.74, 6) is 0. The van der Waals surface area contributed by atoms with Crippen LogP contribution in [0.15, 0.2) is 18.3 Å². The highest BCUT2D eigenvalue weighted by Gasteiger charge is 2.20. The van der Waals surface area contributed by atoms with Gasteiger partial charge in [-0.05, 0) is 32.0 Å². The summed E-state index contributed by atoms with van der Waals surface area (Å²) >= 11 is 0. The molecule has 1 aromatic heterocycles. The average molecular weight is 244 g/mol. The number of aromatic nitrogens is 1. The predicted octanol–water partition coefficient (Wildman–Crippen LogP) is 1.53. The molecule has 1 fully saturated rings. The van der Waals surface area contributed by atoms with Crippen LogP contribution >= 0.6 is 0 Å². The zero-order valence-corrected chi connectivity index (χ0v) is 10.9. The minimum absolute atomic E-state index is 0.555. The maximum Gasteiger partial charge on any atom is 0.144 e. The van der Waals surface area contributed by atoms with Gasteiger partial charge in [0, 0.05) is 30.9 Å². The largest absolute Gasteiger partial charge is 0.315 e. The van der Waals surface area contributed by atoms with Crippen LogP contribution in [0, 0.1) is 11.3 Å². The van der Waals surface area contributed by atoms with Crippen molar-refractivity contribution < 1.29 is 0 Å². The molecule has 1 aromatic rings. The van der Waals surface area contributed by atoms with Crippen LogP contribution in [-0.4, -0.2) is 35.6 Å². The smallest absolute Gasteiger partial charge is 0.144 e. The van der Waals surface area contributed by atoms with E-state index >= 15 is 0 Å². The summed E-state index contributed by atoms with van der Waals surface area (Å²) < 4.78 is 0. The first-order valence-corrected chi connectivity index (χ1v) is 6.64. The third-order valence-electron chi connectivity index (χ3n) is 3.56. The molecule has 1 aliphatic heterocycles.